The fourth-order valence-corrected chi connectivity index (χ4v) is 2.35. The van der Waals surface area contributed by atoms with Crippen LogP contribution in [0.2, 0.25) is 0 Å². The molecule has 3 fully saturated rings. The number of hydrogen-bond donors (Lipinski definition) is 1. The van der Waals surface area contributed by atoms with Crippen LogP contribution >= 0.6 is 0 Å². The standard InChI is InChI=1S/C8H11NO3/c1-4(10)9-3-5-2-6(9)7(5)8(11)12/h5-7H,2-3H2,1H3,(H,11,12)/t5-,6-,7+/m1/s1. The van der Waals surface area contributed by atoms with Crippen LogP contribution in [0.25, 0.3) is 0 Å². The van der Waals surface area contributed by atoms with Crippen molar-refractivity contribution in [1.29, 1.82) is 0 Å². The third-order valence-corrected chi connectivity index (χ3v) is 2.99. The molecular weight excluding hydrogens is 158 g/mol. The van der Waals surface area contributed by atoms with Crippen LogP contribution in [0.15, 0.2) is 0 Å². The lowest BCUT2D eigenvalue weighted by atomic mass is 9.74. The second-order valence-corrected chi connectivity index (χ2v) is 3.60. The molecule has 1 saturated carbocycles. The molecule has 2 bridgehead atoms. The lowest BCUT2D eigenvalue weighted by Gasteiger charge is -2.32. The Morgan fingerprint density at radius 2 is 2.17 bits per heavy atom. The minimum Gasteiger partial charge on any atom is -0.481 e. The van der Waals surface area contributed by atoms with Crippen molar-refractivity contribution in [3.63, 3.8) is 0 Å². The number of carbonyl (C=O) groups excluding carboxylic acids is 1. The summed E-state index contributed by atoms with van der Waals surface area (Å²) in [5, 5.41) is 8.78. The van der Waals surface area contributed by atoms with Crippen LogP contribution in [-0.4, -0.2) is 34.5 Å². The van der Waals surface area contributed by atoms with Gasteiger partial charge in [-0.15, -0.1) is 0 Å². The van der Waals surface area contributed by atoms with E-state index in [1.165, 1.54) is 6.92 Å². The number of amides is 1. The molecule has 1 aliphatic carbocycles. The SMILES string of the molecule is CC(=O)N1C[C@H]2C[C@@H]1[C@H]2C(=O)O. The third-order valence-electron chi connectivity index (χ3n) is 2.99. The average molecular weight is 169 g/mol. The van der Waals surface area contributed by atoms with E-state index >= 15 is 0 Å². The van der Waals surface area contributed by atoms with Crippen LogP contribution in [0.5, 0.6) is 0 Å². The number of nitrogens with zero attached hydrogens (tertiary/aromatic N) is 1. The summed E-state index contributed by atoms with van der Waals surface area (Å²) in [6.07, 6.45) is 0.885. The molecule has 0 spiro atoms. The molecule has 2 aliphatic heterocycles. The van der Waals surface area contributed by atoms with Gasteiger partial charge in [-0.25, -0.2) is 0 Å². The van der Waals surface area contributed by atoms with Gasteiger partial charge < -0.3 is 10.0 Å². The van der Waals surface area contributed by atoms with Crippen molar-refractivity contribution >= 4 is 11.9 Å². The number of carboxylic acid groups (broad SMARTS) is 1. The van der Waals surface area contributed by atoms with Gasteiger partial charge in [0.05, 0.1) is 5.92 Å². The van der Waals surface area contributed by atoms with Crippen molar-refractivity contribution in [1.82, 2.24) is 4.90 Å². The topological polar surface area (TPSA) is 57.6 Å². The van der Waals surface area contributed by atoms with E-state index in [0.29, 0.717) is 6.54 Å². The number of aliphatic carboxylic acids is 1. The van der Waals surface area contributed by atoms with Crippen molar-refractivity contribution in [2.45, 2.75) is 19.4 Å². The molecule has 0 unspecified atom stereocenters. The van der Waals surface area contributed by atoms with Gasteiger partial charge in [0.15, 0.2) is 0 Å². The predicted octanol–water partition coefficient (Wildman–Crippen LogP) is -0.0622. The molecule has 0 aromatic carbocycles. The Morgan fingerprint density at radius 3 is 2.50 bits per heavy atom. The third kappa shape index (κ3) is 0.777. The molecule has 2 heterocycles. The molecule has 2 saturated heterocycles. The molecule has 4 heteroatoms. The monoisotopic (exact) mass is 169 g/mol. The van der Waals surface area contributed by atoms with Crippen molar-refractivity contribution in [3.8, 4) is 0 Å². The summed E-state index contributed by atoms with van der Waals surface area (Å²) in [7, 11) is 0. The van der Waals surface area contributed by atoms with E-state index < -0.39 is 5.97 Å². The van der Waals surface area contributed by atoms with Gasteiger partial charge in [0.25, 0.3) is 0 Å². The van der Waals surface area contributed by atoms with Crippen LogP contribution in [0, 0.1) is 11.8 Å². The zero-order valence-electron chi connectivity index (χ0n) is 6.86. The van der Waals surface area contributed by atoms with Crippen molar-refractivity contribution < 1.29 is 14.7 Å². The molecule has 3 rings (SSSR count). The van der Waals surface area contributed by atoms with E-state index in [-0.39, 0.29) is 23.8 Å². The van der Waals surface area contributed by atoms with Gasteiger partial charge in [-0.05, 0) is 12.3 Å². The minimum absolute atomic E-state index is 0.00579. The average Bonchev–Trinajstić information content (AvgIpc) is 2.37. The highest BCUT2D eigenvalue weighted by molar-refractivity contribution is 5.79. The fourth-order valence-electron chi connectivity index (χ4n) is 2.35. The Hall–Kier alpha value is -1.06. The summed E-state index contributed by atoms with van der Waals surface area (Å²) >= 11 is 0. The maximum Gasteiger partial charge on any atom is 0.308 e. The molecule has 1 amide bonds. The molecule has 3 aliphatic rings. The Kier molecular flexibility index (Phi) is 1.40. The number of carboxylic acids is 1. The summed E-state index contributed by atoms with van der Waals surface area (Å²) in [5.41, 5.74) is 0. The zero-order valence-corrected chi connectivity index (χ0v) is 6.86. The first kappa shape index (κ1) is 7.58. The molecular formula is C8H11NO3. The predicted molar refractivity (Wildman–Crippen MR) is 40.4 cm³/mol. The second kappa shape index (κ2) is 2.21. The van der Waals surface area contributed by atoms with E-state index in [9.17, 15) is 9.59 Å². The maximum atomic E-state index is 11.0. The Morgan fingerprint density at radius 1 is 1.50 bits per heavy atom. The van der Waals surface area contributed by atoms with Crippen LogP contribution in [0.1, 0.15) is 13.3 Å². The van der Waals surface area contributed by atoms with Crippen LogP contribution < -0.4 is 0 Å². The first-order valence-electron chi connectivity index (χ1n) is 4.11. The molecule has 0 aromatic heterocycles. The van der Waals surface area contributed by atoms with E-state index in [4.69, 9.17) is 5.11 Å². The number of rotatable bonds is 1. The first-order valence-corrected chi connectivity index (χ1v) is 4.11. The Balaban J connectivity index is 2.11. The smallest absolute Gasteiger partial charge is 0.308 e. The summed E-state index contributed by atoms with van der Waals surface area (Å²) in [6, 6.07) is -0.00926. The van der Waals surface area contributed by atoms with Gasteiger partial charge in [-0.2, -0.15) is 0 Å². The summed E-state index contributed by atoms with van der Waals surface area (Å²) in [5.74, 6) is -0.809. The lowest BCUT2D eigenvalue weighted by Crippen LogP contribution is -2.44. The molecule has 0 aromatic rings. The molecule has 3 atom stereocenters. The van der Waals surface area contributed by atoms with Gasteiger partial charge in [-0.1, -0.05) is 0 Å². The lowest BCUT2D eigenvalue weighted by molar-refractivity contribution is -0.148. The Bertz CT molecular complexity index is 235. The second-order valence-electron chi connectivity index (χ2n) is 3.60. The summed E-state index contributed by atoms with van der Waals surface area (Å²) < 4.78 is 0. The van der Waals surface area contributed by atoms with Crippen molar-refractivity contribution in [3.05, 3.63) is 0 Å². The minimum atomic E-state index is -0.750. The maximum absolute atomic E-state index is 11.0. The Labute approximate surface area is 70.2 Å². The van der Waals surface area contributed by atoms with Crippen LogP contribution in [0.3, 0.4) is 0 Å². The van der Waals surface area contributed by atoms with E-state index in [1.807, 2.05) is 0 Å². The molecule has 0 radical (unpaired) electrons. The van der Waals surface area contributed by atoms with Crippen molar-refractivity contribution in [2.24, 2.45) is 11.8 Å². The number of fused-ring (bicyclic) bond motifs is 1. The van der Waals surface area contributed by atoms with E-state index in [1.54, 1.807) is 4.90 Å². The summed E-state index contributed by atoms with van der Waals surface area (Å²) in [4.78, 5) is 23.3. The highest BCUT2D eigenvalue weighted by Gasteiger charge is 2.56. The normalized spacial score (nSPS) is 37.8. The fraction of sp³-hybridized carbons (Fsp3) is 0.750. The largest absolute Gasteiger partial charge is 0.481 e. The van der Waals surface area contributed by atoms with E-state index in [2.05, 4.69) is 0 Å². The van der Waals surface area contributed by atoms with Gasteiger partial charge in [-0.3, -0.25) is 9.59 Å². The quantitative estimate of drug-likeness (QED) is 0.598. The molecule has 12 heavy (non-hydrogen) atoms. The highest BCUT2D eigenvalue weighted by atomic mass is 16.4. The number of carbonyl (C=O) groups is 2. The van der Waals surface area contributed by atoms with Gasteiger partial charge in [0.1, 0.15) is 0 Å². The highest BCUT2D eigenvalue weighted by Crippen LogP contribution is 2.46. The zero-order chi connectivity index (χ0) is 8.88. The van der Waals surface area contributed by atoms with Crippen LogP contribution in [0.4, 0.5) is 0 Å². The van der Waals surface area contributed by atoms with E-state index in [0.717, 1.165) is 6.42 Å². The summed E-state index contributed by atoms with van der Waals surface area (Å²) in [6.45, 7) is 2.15. The first-order chi connectivity index (χ1) is 5.61. The van der Waals surface area contributed by atoms with Gasteiger partial charge >= 0.3 is 5.97 Å². The number of hydrogen-bond acceptors (Lipinski definition) is 2. The van der Waals surface area contributed by atoms with Crippen LogP contribution in [-0.2, 0) is 9.59 Å². The van der Waals surface area contributed by atoms with Gasteiger partial charge in [0.2, 0.25) is 5.91 Å². The van der Waals surface area contributed by atoms with Crippen molar-refractivity contribution in [2.75, 3.05) is 6.54 Å². The van der Waals surface area contributed by atoms with Gasteiger partial charge in [0, 0.05) is 19.5 Å². The molecule has 4 nitrogen and oxygen atoms in total. The molecule has 1 N–H and O–H groups in total. The molecule has 66 valence electrons.